The van der Waals surface area contributed by atoms with Gasteiger partial charge in [0.1, 0.15) is 22.8 Å². The van der Waals surface area contributed by atoms with E-state index in [9.17, 15) is 9.18 Å². The summed E-state index contributed by atoms with van der Waals surface area (Å²) in [6.07, 6.45) is 4.06. The van der Waals surface area contributed by atoms with Gasteiger partial charge in [0.05, 0.1) is 11.4 Å². The van der Waals surface area contributed by atoms with Crippen molar-refractivity contribution >= 4 is 33.3 Å². The van der Waals surface area contributed by atoms with E-state index in [1.807, 2.05) is 17.9 Å². The Labute approximate surface area is 185 Å². The zero-order valence-corrected chi connectivity index (χ0v) is 19.0. The van der Waals surface area contributed by atoms with Crippen molar-refractivity contribution in [2.45, 2.75) is 46.1 Å². The Bertz CT molecular complexity index is 1150. The van der Waals surface area contributed by atoms with Gasteiger partial charge in [-0.05, 0) is 68.9 Å². The molecule has 1 saturated heterocycles. The van der Waals surface area contributed by atoms with E-state index in [-0.39, 0.29) is 23.7 Å². The standard InChI is InChI=1S/C24H27FN4OS/c1-14-16(3)31-23-21(14)22(26-13-27-23)28-9-6-18(7-10-28)24(30)29-11-8-17-4-5-19(25)12-20(17)15(29)2/h4-5,12-13,15,18H,6-11H2,1-3H3. The molecular formula is C24H27FN4OS. The van der Waals surface area contributed by atoms with Crippen LogP contribution in [0.5, 0.6) is 0 Å². The van der Waals surface area contributed by atoms with Crippen LogP contribution in [0.2, 0.25) is 0 Å². The average molecular weight is 439 g/mol. The number of amides is 1. The molecule has 5 rings (SSSR count). The van der Waals surface area contributed by atoms with E-state index >= 15 is 0 Å². The molecule has 0 saturated carbocycles. The van der Waals surface area contributed by atoms with E-state index in [4.69, 9.17) is 0 Å². The molecule has 0 N–H and O–H groups in total. The van der Waals surface area contributed by atoms with Crippen molar-refractivity contribution < 1.29 is 9.18 Å². The lowest BCUT2D eigenvalue weighted by Gasteiger charge is -2.40. The van der Waals surface area contributed by atoms with Gasteiger partial charge in [-0.2, -0.15) is 0 Å². The highest BCUT2D eigenvalue weighted by Gasteiger charge is 2.34. The number of aromatic nitrogens is 2. The molecule has 2 aromatic heterocycles. The number of benzene rings is 1. The third-order valence-corrected chi connectivity index (χ3v) is 8.13. The van der Waals surface area contributed by atoms with Gasteiger partial charge in [0.15, 0.2) is 0 Å². The largest absolute Gasteiger partial charge is 0.356 e. The number of hydrogen-bond acceptors (Lipinski definition) is 5. The molecule has 2 aliphatic heterocycles. The number of piperidine rings is 1. The number of anilines is 1. The quantitative estimate of drug-likeness (QED) is 0.576. The minimum Gasteiger partial charge on any atom is -0.356 e. The van der Waals surface area contributed by atoms with Crippen LogP contribution in [0, 0.1) is 25.6 Å². The minimum atomic E-state index is -0.233. The highest BCUT2D eigenvalue weighted by molar-refractivity contribution is 7.18. The first kappa shape index (κ1) is 20.4. The van der Waals surface area contributed by atoms with Gasteiger partial charge in [-0.1, -0.05) is 6.07 Å². The monoisotopic (exact) mass is 438 g/mol. The summed E-state index contributed by atoms with van der Waals surface area (Å²) in [5.74, 6) is 0.978. The van der Waals surface area contributed by atoms with Crippen LogP contribution >= 0.6 is 11.3 Å². The lowest BCUT2D eigenvalue weighted by molar-refractivity contribution is -0.138. The van der Waals surface area contributed by atoms with Crippen LogP contribution in [0.25, 0.3) is 10.2 Å². The molecule has 0 spiro atoms. The van der Waals surface area contributed by atoms with Crippen LogP contribution < -0.4 is 4.90 Å². The minimum absolute atomic E-state index is 0.0106. The van der Waals surface area contributed by atoms with Crippen molar-refractivity contribution in [2.75, 3.05) is 24.5 Å². The molecule has 31 heavy (non-hydrogen) atoms. The van der Waals surface area contributed by atoms with E-state index < -0.39 is 0 Å². The molecule has 1 amide bonds. The number of carbonyl (C=O) groups excluding carboxylic acids is 1. The molecule has 3 aromatic rings. The lowest BCUT2D eigenvalue weighted by atomic mass is 9.89. The van der Waals surface area contributed by atoms with Gasteiger partial charge in [-0.25, -0.2) is 14.4 Å². The highest BCUT2D eigenvalue weighted by atomic mass is 32.1. The molecule has 1 unspecified atom stereocenters. The summed E-state index contributed by atoms with van der Waals surface area (Å²) in [5, 5.41) is 1.15. The van der Waals surface area contributed by atoms with Gasteiger partial charge in [0.25, 0.3) is 0 Å². The Hall–Kier alpha value is -2.54. The average Bonchev–Trinajstić information content (AvgIpc) is 3.08. The van der Waals surface area contributed by atoms with Crippen LogP contribution in [0.4, 0.5) is 10.2 Å². The maximum Gasteiger partial charge on any atom is 0.226 e. The van der Waals surface area contributed by atoms with Crippen LogP contribution in [0.15, 0.2) is 24.5 Å². The Morgan fingerprint density at radius 2 is 1.94 bits per heavy atom. The number of halogens is 1. The summed E-state index contributed by atoms with van der Waals surface area (Å²) in [6.45, 7) is 8.60. The number of hydrogen-bond donors (Lipinski definition) is 0. The first-order chi connectivity index (χ1) is 14.9. The summed E-state index contributed by atoms with van der Waals surface area (Å²) in [7, 11) is 0. The summed E-state index contributed by atoms with van der Waals surface area (Å²) in [6, 6.07) is 4.88. The van der Waals surface area contributed by atoms with Gasteiger partial charge in [0, 0.05) is 30.4 Å². The molecule has 1 aromatic carbocycles. The predicted molar refractivity (Wildman–Crippen MR) is 122 cm³/mol. The Morgan fingerprint density at radius 1 is 1.16 bits per heavy atom. The first-order valence-electron chi connectivity index (χ1n) is 11.0. The zero-order valence-electron chi connectivity index (χ0n) is 18.2. The number of rotatable bonds is 2. The van der Waals surface area contributed by atoms with Crippen molar-refractivity contribution in [3.8, 4) is 0 Å². The summed E-state index contributed by atoms with van der Waals surface area (Å²) >= 11 is 1.71. The van der Waals surface area contributed by atoms with Crippen molar-refractivity contribution in [1.82, 2.24) is 14.9 Å². The van der Waals surface area contributed by atoms with Crippen LogP contribution in [0.3, 0.4) is 0 Å². The Morgan fingerprint density at radius 3 is 2.71 bits per heavy atom. The van der Waals surface area contributed by atoms with E-state index in [0.717, 1.165) is 59.5 Å². The molecule has 2 aliphatic rings. The Balaban J connectivity index is 1.31. The molecular weight excluding hydrogens is 411 g/mol. The van der Waals surface area contributed by atoms with E-state index in [0.29, 0.717) is 6.54 Å². The molecule has 7 heteroatoms. The molecule has 0 aliphatic carbocycles. The fourth-order valence-electron chi connectivity index (χ4n) is 5.06. The van der Waals surface area contributed by atoms with Crippen LogP contribution in [-0.2, 0) is 11.2 Å². The molecule has 0 bridgehead atoms. The van der Waals surface area contributed by atoms with Gasteiger partial charge >= 0.3 is 0 Å². The second-order valence-electron chi connectivity index (χ2n) is 8.72. The van der Waals surface area contributed by atoms with Gasteiger partial charge in [-0.15, -0.1) is 11.3 Å². The van der Waals surface area contributed by atoms with E-state index in [1.165, 1.54) is 16.5 Å². The van der Waals surface area contributed by atoms with Gasteiger partial charge in [0.2, 0.25) is 5.91 Å². The van der Waals surface area contributed by atoms with Gasteiger partial charge < -0.3 is 9.80 Å². The summed E-state index contributed by atoms with van der Waals surface area (Å²) in [5.41, 5.74) is 3.35. The van der Waals surface area contributed by atoms with Crippen LogP contribution in [0.1, 0.15) is 47.4 Å². The number of aryl methyl sites for hydroxylation is 2. The third kappa shape index (κ3) is 3.49. The highest BCUT2D eigenvalue weighted by Crippen LogP contribution is 2.37. The zero-order chi connectivity index (χ0) is 21.7. The van der Waals surface area contributed by atoms with Crippen molar-refractivity contribution in [2.24, 2.45) is 5.92 Å². The second-order valence-corrected chi connectivity index (χ2v) is 9.93. The molecule has 1 atom stereocenters. The molecule has 1 fully saturated rings. The fraction of sp³-hybridized carbons (Fsp3) is 0.458. The maximum absolute atomic E-state index is 13.8. The first-order valence-corrected chi connectivity index (χ1v) is 11.8. The number of thiophene rings is 1. The van der Waals surface area contributed by atoms with E-state index in [1.54, 1.807) is 23.7 Å². The topological polar surface area (TPSA) is 49.3 Å². The van der Waals surface area contributed by atoms with Crippen LogP contribution in [-0.4, -0.2) is 40.4 Å². The predicted octanol–water partition coefficient (Wildman–Crippen LogP) is 4.81. The van der Waals surface area contributed by atoms with Crippen molar-refractivity contribution in [3.63, 3.8) is 0 Å². The maximum atomic E-state index is 13.8. The molecule has 4 heterocycles. The smallest absolute Gasteiger partial charge is 0.226 e. The molecule has 0 radical (unpaired) electrons. The van der Waals surface area contributed by atoms with Crippen molar-refractivity contribution in [1.29, 1.82) is 0 Å². The normalized spacial score (nSPS) is 19.7. The molecule has 162 valence electrons. The summed E-state index contributed by atoms with van der Waals surface area (Å²) < 4.78 is 13.8. The number of carbonyl (C=O) groups is 1. The Kier molecular flexibility index (Phi) is 5.16. The van der Waals surface area contributed by atoms with E-state index in [2.05, 4.69) is 28.7 Å². The summed E-state index contributed by atoms with van der Waals surface area (Å²) in [4.78, 5) is 29.0. The fourth-order valence-corrected chi connectivity index (χ4v) is 6.05. The number of nitrogens with zero attached hydrogens (tertiary/aromatic N) is 4. The second kappa shape index (κ2) is 7.86. The SMILES string of the molecule is Cc1sc2ncnc(N3CCC(C(=O)N4CCc5ccc(F)cc5C4C)CC3)c2c1C. The molecule has 5 nitrogen and oxygen atoms in total. The van der Waals surface area contributed by atoms with Crippen molar-refractivity contribution in [3.05, 3.63) is 51.9 Å². The third-order valence-electron chi connectivity index (χ3n) is 7.02. The van der Waals surface area contributed by atoms with Gasteiger partial charge in [-0.3, -0.25) is 4.79 Å². The number of fused-ring (bicyclic) bond motifs is 2. The lowest BCUT2D eigenvalue weighted by Crippen LogP contribution is -2.46.